The molecule has 5 aromatic rings. The fourth-order valence-electron chi connectivity index (χ4n) is 4.61. The summed E-state index contributed by atoms with van der Waals surface area (Å²) in [6, 6.07) is 38.2. The molecule has 0 aliphatic heterocycles. The van der Waals surface area contributed by atoms with Gasteiger partial charge in [0.05, 0.1) is 28.2 Å². The van der Waals surface area contributed by atoms with E-state index < -0.39 is 35.8 Å². The quantitative estimate of drug-likeness (QED) is 0.0620. The number of carbonyl (C=O) groups is 2. The van der Waals surface area contributed by atoms with Crippen LogP contribution in [0.1, 0.15) is 31.8 Å². The van der Waals surface area contributed by atoms with Gasteiger partial charge in [-0.3, -0.25) is 32.3 Å². The fraction of sp³-hybridized carbons (Fsp3) is 0.0513. The molecule has 286 valence electrons. The number of hydrogen-bond acceptors (Lipinski definition) is 9. The van der Waals surface area contributed by atoms with Crippen LogP contribution in [-0.2, 0) is 9.68 Å². The summed E-state index contributed by atoms with van der Waals surface area (Å²) < 4.78 is 0. The molecule has 0 amide bonds. The second-order valence-electron chi connectivity index (χ2n) is 11.7. The van der Waals surface area contributed by atoms with E-state index in [0.717, 1.165) is 32.6 Å². The summed E-state index contributed by atoms with van der Waals surface area (Å²) >= 11 is 0. The van der Waals surface area contributed by atoms with E-state index in [0.29, 0.717) is 5.96 Å². The number of hydrogen-bond donors (Lipinski definition) is 10. The van der Waals surface area contributed by atoms with Crippen molar-refractivity contribution in [2.75, 3.05) is 15.4 Å². The molecule has 13 N–H and O–H groups in total. The van der Waals surface area contributed by atoms with Gasteiger partial charge < -0.3 is 32.2 Å². The van der Waals surface area contributed by atoms with Gasteiger partial charge in [0.2, 0.25) is 11.9 Å². The molecule has 0 saturated heterocycles. The molecule has 0 atom stereocenters. The van der Waals surface area contributed by atoms with Crippen LogP contribution in [0.2, 0.25) is 0 Å². The Balaban J connectivity index is 0.000000360. The third kappa shape index (κ3) is 12.2. The predicted molar refractivity (Wildman–Crippen MR) is 218 cm³/mol. The zero-order chi connectivity index (χ0) is 40.6. The number of guanidine groups is 5. The number of para-hydroxylation sites is 2. The third-order valence-corrected chi connectivity index (χ3v) is 7.22. The monoisotopic (exact) mass is 755 g/mol. The summed E-state index contributed by atoms with van der Waals surface area (Å²) in [5, 5.41) is 40.5. The van der Waals surface area contributed by atoms with Crippen LogP contribution < -0.4 is 43.3 Å². The van der Waals surface area contributed by atoms with Crippen LogP contribution in [0.15, 0.2) is 138 Å². The van der Waals surface area contributed by atoms with Crippen molar-refractivity contribution in [2.24, 2.45) is 22.2 Å². The number of benzene rings is 5. The van der Waals surface area contributed by atoms with Crippen molar-refractivity contribution in [2.45, 2.75) is 13.8 Å². The average Bonchev–Trinajstić information content (AvgIpc) is 3.17. The molecule has 0 aliphatic carbocycles. The molecule has 56 heavy (non-hydrogen) atoms. The van der Waals surface area contributed by atoms with Crippen LogP contribution in [0.25, 0.3) is 0 Å². The lowest BCUT2D eigenvalue weighted by molar-refractivity contribution is 0.0467. The molecule has 5 aromatic carbocycles. The van der Waals surface area contributed by atoms with Crippen LogP contribution >= 0.6 is 0 Å². The lowest BCUT2D eigenvalue weighted by atomic mass is 10.1. The van der Waals surface area contributed by atoms with E-state index in [-0.39, 0.29) is 22.5 Å². The Kier molecular flexibility index (Phi) is 14.2. The number of nitrogens with zero attached hydrogens (tertiary/aromatic N) is 3. The van der Waals surface area contributed by atoms with E-state index in [1.165, 1.54) is 24.3 Å². The minimum Gasteiger partial charge on any atom is -0.370 e. The van der Waals surface area contributed by atoms with Crippen LogP contribution in [0.5, 0.6) is 0 Å². The SMILES string of the molecule is Cc1ccc(N(OC(=O)c2ccccc2C(=O)ON(C(=N)NC(=N)N)c2ccc(C)cc2)C(=N)NC(=N)N)cc1.NC(=Nc1ccccc1)Nc1ccccc1. The predicted octanol–water partition coefficient (Wildman–Crippen LogP) is 5.04. The summed E-state index contributed by atoms with van der Waals surface area (Å²) in [6.07, 6.45) is 0. The Labute approximate surface area is 322 Å². The minimum atomic E-state index is -1.03. The van der Waals surface area contributed by atoms with Gasteiger partial charge in [-0.1, -0.05) is 83.9 Å². The lowest BCUT2D eigenvalue weighted by Gasteiger charge is -2.25. The first-order valence-electron chi connectivity index (χ1n) is 16.7. The molecular formula is C39H41N13O4. The zero-order valence-electron chi connectivity index (χ0n) is 30.4. The number of nitrogens with two attached hydrogens (primary N) is 3. The lowest BCUT2D eigenvalue weighted by Crippen LogP contribution is -2.47. The highest BCUT2D eigenvalue weighted by atomic mass is 16.7. The number of carbonyl (C=O) groups excluding carboxylic acids is 2. The Hall–Kier alpha value is -8.21. The van der Waals surface area contributed by atoms with E-state index in [4.69, 9.17) is 48.5 Å². The number of anilines is 3. The highest BCUT2D eigenvalue weighted by molar-refractivity contribution is 6.08. The van der Waals surface area contributed by atoms with E-state index in [1.54, 1.807) is 48.5 Å². The molecule has 0 unspecified atom stereocenters. The zero-order valence-corrected chi connectivity index (χ0v) is 30.4. The van der Waals surface area contributed by atoms with Crippen molar-refractivity contribution >= 4 is 64.5 Å². The van der Waals surface area contributed by atoms with Crippen molar-refractivity contribution in [3.63, 3.8) is 0 Å². The average molecular weight is 756 g/mol. The molecule has 0 spiro atoms. The Morgan fingerprint density at radius 1 is 0.554 bits per heavy atom. The summed E-state index contributed by atoms with van der Waals surface area (Å²) in [4.78, 5) is 41.7. The van der Waals surface area contributed by atoms with Crippen molar-refractivity contribution in [1.29, 1.82) is 21.6 Å². The van der Waals surface area contributed by atoms with Gasteiger partial charge in [0, 0.05) is 5.69 Å². The molecule has 0 heterocycles. The Bertz CT molecular complexity index is 2090. The Morgan fingerprint density at radius 3 is 1.32 bits per heavy atom. The molecule has 0 bridgehead atoms. The molecule has 0 saturated carbocycles. The van der Waals surface area contributed by atoms with E-state index in [2.05, 4.69) is 20.9 Å². The number of aryl methyl sites for hydroxylation is 2. The fourth-order valence-corrected chi connectivity index (χ4v) is 4.61. The molecule has 17 nitrogen and oxygen atoms in total. The van der Waals surface area contributed by atoms with Gasteiger partial charge in [-0.05, 0) is 74.5 Å². The first-order valence-corrected chi connectivity index (χ1v) is 16.7. The van der Waals surface area contributed by atoms with Crippen LogP contribution in [0.3, 0.4) is 0 Å². The second kappa shape index (κ2) is 19.6. The standard InChI is InChI=1S/C26H28N10O4.C13H13N3/c1-15-7-11-17(12-8-15)35(25(31)33-23(27)28)39-21(37)19-5-3-4-6-20(19)22(38)40-36(26(32)34-24(29)30)18-13-9-16(2)10-14-18;14-13(15-11-7-3-1-4-8-11)16-12-9-5-2-6-10-12/h3-14H,1-2H3,(H5,27,28,31,33)(H5,29,30,32,34);1-10H,(H3,14,15,16). The van der Waals surface area contributed by atoms with Crippen LogP contribution in [0.4, 0.5) is 22.7 Å². The van der Waals surface area contributed by atoms with Gasteiger partial charge in [-0.2, -0.15) is 0 Å². The number of aliphatic imine (C=N–C) groups is 1. The maximum absolute atomic E-state index is 13.3. The largest absolute Gasteiger partial charge is 0.370 e. The highest BCUT2D eigenvalue weighted by Crippen LogP contribution is 2.21. The van der Waals surface area contributed by atoms with E-state index >= 15 is 0 Å². The van der Waals surface area contributed by atoms with Crippen LogP contribution in [0, 0.1) is 35.5 Å². The van der Waals surface area contributed by atoms with Crippen molar-refractivity contribution in [1.82, 2.24) is 10.6 Å². The smallest absolute Gasteiger partial charge is 0.364 e. The van der Waals surface area contributed by atoms with Crippen molar-refractivity contribution in [3.05, 3.63) is 156 Å². The van der Waals surface area contributed by atoms with E-state index in [9.17, 15) is 9.59 Å². The van der Waals surface area contributed by atoms with Crippen LogP contribution in [-0.4, -0.2) is 41.7 Å². The van der Waals surface area contributed by atoms with Gasteiger partial charge in [0.1, 0.15) is 0 Å². The second-order valence-corrected chi connectivity index (χ2v) is 11.7. The third-order valence-electron chi connectivity index (χ3n) is 7.22. The molecule has 5 rings (SSSR count). The van der Waals surface area contributed by atoms with Gasteiger partial charge in [-0.25, -0.2) is 14.6 Å². The molecule has 17 heteroatoms. The van der Waals surface area contributed by atoms with Gasteiger partial charge in [0.25, 0.3) is 0 Å². The minimum absolute atomic E-state index is 0.213. The number of rotatable bonds is 6. The van der Waals surface area contributed by atoms with Gasteiger partial charge >= 0.3 is 11.9 Å². The normalized spacial score (nSPS) is 10.4. The molecule has 0 aromatic heterocycles. The highest BCUT2D eigenvalue weighted by Gasteiger charge is 2.27. The van der Waals surface area contributed by atoms with Crippen molar-refractivity contribution < 1.29 is 19.3 Å². The van der Waals surface area contributed by atoms with Gasteiger partial charge in [-0.15, -0.1) is 10.1 Å². The van der Waals surface area contributed by atoms with Crippen molar-refractivity contribution in [3.8, 4) is 0 Å². The molecule has 0 fully saturated rings. The maximum Gasteiger partial charge on any atom is 0.364 e. The molecule has 0 aliphatic rings. The molecular weight excluding hydrogens is 715 g/mol. The maximum atomic E-state index is 13.3. The summed E-state index contributed by atoms with van der Waals surface area (Å²) in [6.45, 7) is 3.71. The van der Waals surface area contributed by atoms with E-state index in [1.807, 2.05) is 74.5 Å². The number of nitrogens with one attached hydrogen (secondary N) is 7. The topological polar surface area (TPSA) is 281 Å². The molecule has 0 radical (unpaired) electrons. The summed E-state index contributed by atoms with van der Waals surface area (Å²) in [7, 11) is 0. The number of hydroxylamine groups is 2. The Morgan fingerprint density at radius 2 is 0.929 bits per heavy atom. The summed E-state index contributed by atoms with van der Waals surface area (Å²) in [5.41, 5.74) is 20.2. The first-order chi connectivity index (χ1) is 26.8. The summed E-state index contributed by atoms with van der Waals surface area (Å²) in [5.74, 6) is -3.83. The first kappa shape index (κ1) is 40.6. The van der Waals surface area contributed by atoms with Gasteiger partial charge in [0.15, 0.2) is 17.9 Å².